The highest BCUT2D eigenvalue weighted by atomic mass is 32.1. The minimum absolute atomic E-state index is 0.238. The molecule has 0 saturated carbocycles. The van der Waals surface area contributed by atoms with Crippen LogP contribution in [0.15, 0.2) is 24.3 Å². The van der Waals surface area contributed by atoms with Gasteiger partial charge in [0.1, 0.15) is 5.75 Å². The van der Waals surface area contributed by atoms with Crippen molar-refractivity contribution in [1.82, 2.24) is 4.98 Å². The number of carbonyl (C=O) groups excluding carboxylic acids is 1. The molecule has 0 unspecified atom stereocenters. The Balaban J connectivity index is 2.50. The minimum Gasteiger partial charge on any atom is -0.493 e. The summed E-state index contributed by atoms with van der Waals surface area (Å²) in [6, 6.07) is 7.48. The first kappa shape index (κ1) is 14.3. The Hall–Kier alpha value is -2.08. The molecule has 0 fully saturated rings. The molecule has 2 N–H and O–H groups in total. The molecule has 6 heteroatoms. The van der Waals surface area contributed by atoms with Gasteiger partial charge in [-0.15, -0.1) is 0 Å². The second-order valence-electron chi connectivity index (χ2n) is 3.88. The number of nitrogens with zero attached hydrogens (tertiary/aromatic N) is 1. The first-order valence-corrected chi connectivity index (χ1v) is 7.14. The second-order valence-corrected chi connectivity index (χ2v) is 4.91. The summed E-state index contributed by atoms with van der Waals surface area (Å²) in [5.41, 5.74) is 6.77. The summed E-state index contributed by atoms with van der Waals surface area (Å²) in [5, 5.41) is 0.328. The lowest BCUT2D eigenvalue weighted by atomic mass is 10.1. The fourth-order valence-electron chi connectivity index (χ4n) is 1.79. The highest BCUT2D eigenvalue weighted by Gasteiger charge is 2.21. The van der Waals surface area contributed by atoms with E-state index in [4.69, 9.17) is 15.2 Å². The van der Waals surface area contributed by atoms with Crippen molar-refractivity contribution in [1.29, 1.82) is 0 Å². The zero-order chi connectivity index (χ0) is 14.5. The van der Waals surface area contributed by atoms with Crippen LogP contribution in [0.2, 0.25) is 0 Å². The largest absolute Gasteiger partial charge is 0.493 e. The number of para-hydroxylation sites is 1. The predicted octanol–water partition coefficient (Wildman–Crippen LogP) is 2.97. The van der Waals surface area contributed by atoms with Gasteiger partial charge in [0, 0.05) is 5.56 Å². The van der Waals surface area contributed by atoms with E-state index < -0.39 is 5.97 Å². The molecular weight excluding hydrogens is 276 g/mol. The van der Waals surface area contributed by atoms with Crippen LogP contribution >= 0.6 is 11.3 Å². The van der Waals surface area contributed by atoms with Crippen molar-refractivity contribution in [3.8, 4) is 16.2 Å². The molecule has 5 nitrogen and oxygen atoms in total. The maximum atomic E-state index is 11.9. The zero-order valence-electron chi connectivity index (χ0n) is 11.4. The lowest BCUT2D eigenvalue weighted by Gasteiger charge is -2.09. The number of hydrogen-bond donors (Lipinski definition) is 1. The Morgan fingerprint density at radius 2 is 2.05 bits per heavy atom. The molecule has 0 aliphatic rings. The lowest BCUT2D eigenvalue weighted by Crippen LogP contribution is -2.07. The summed E-state index contributed by atoms with van der Waals surface area (Å²) in [6.45, 7) is 4.49. The van der Waals surface area contributed by atoms with Gasteiger partial charge in [-0.05, 0) is 26.0 Å². The number of anilines is 1. The zero-order valence-corrected chi connectivity index (χ0v) is 12.2. The molecule has 0 bridgehead atoms. The van der Waals surface area contributed by atoms with E-state index in [-0.39, 0.29) is 5.69 Å². The van der Waals surface area contributed by atoms with Gasteiger partial charge in [0.05, 0.1) is 18.1 Å². The molecule has 0 aliphatic carbocycles. The van der Waals surface area contributed by atoms with Gasteiger partial charge < -0.3 is 15.2 Å². The van der Waals surface area contributed by atoms with Crippen LogP contribution < -0.4 is 10.5 Å². The Kier molecular flexibility index (Phi) is 4.57. The first-order chi connectivity index (χ1) is 9.67. The molecule has 0 radical (unpaired) electrons. The van der Waals surface area contributed by atoms with Gasteiger partial charge in [-0.25, -0.2) is 9.78 Å². The SMILES string of the molecule is CCOC(=O)c1nc(N)sc1-c1ccccc1OCC. The number of rotatable bonds is 5. The van der Waals surface area contributed by atoms with E-state index >= 15 is 0 Å². The second kappa shape index (κ2) is 6.38. The smallest absolute Gasteiger partial charge is 0.358 e. The van der Waals surface area contributed by atoms with Crippen LogP contribution in [0, 0.1) is 0 Å². The van der Waals surface area contributed by atoms with E-state index in [0.29, 0.717) is 29.0 Å². The summed E-state index contributed by atoms with van der Waals surface area (Å²) in [6.07, 6.45) is 0. The van der Waals surface area contributed by atoms with Crippen LogP contribution in [0.3, 0.4) is 0 Å². The Morgan fingerprint density at radius 3 is 2.75 bits per heavy atom. The number of carbonyl (C=O) groups is 1. The fourth-order valence-corrected chi connectivity index (χ4v) is 2.64. The van der Waals surface area contributed by atoms with E-state index in [0.717, 1.165) is 5.56 Å². The molecule has 0 atom stereocenters. The molecule has 2 aromatic rings. The average Bonchev–Trinajstić information content (AvgIpc) is 2.82. The normalized spacial score (nSPS) is 10.3. The van der Waals surface area contributed by atoms with Gasteiger partial charge in [-0.2, -0.15) is 0 Å². The lowest BCUT2D eigenvalue weighted by molar-refractivity contribution is 0.0521. The van der Waals surface area contributed by atoms with Gasteiger partial charge in [0.25, 0.3) is 0 Å². The van der Waals surface area contributed by atoms with Crippen LogP contribution in [0.4, 0.5) is 5.13 Å². The van der Waals surface area contributed by atoms with Crippen molar-refractivity contribution >= 4 is 22.4 Å². The molecule has 1 heterocycles. The Morgan fingerprint density at radius 1 is 1.30 bits per heavy atom. The maximum absolute atomic E-state index is 11.9. The van der Waals surface area contributed by atoms with E-state index in [1.165, 1.54) is 11.3 Å². The average molecular weight is 292 g/mol. The molecule has 2 rings (SSSR count). The number of nitrogens with two attached hydrogens (primary N) is 1. The molecule has 0 saturated heterocycles. The first-order valence-electron chi connectivity index (χ1n) is 6.33. The molecular formula is C14H16N2O3S. The highest BCUT2D eigenvalue weighted by molar-refractivity contribution is 7.19. The number of hydrogen-bond acceptors (Lipinski definition) is 6. The van der Waals surface area contributed by atoms with Gasteiger partial charge in [-0.1, -0.05) is 23.5 Å². The monoisotopic (exact) mass is 292 g/mol. The van der Waals surface area contributed by atoms with Gasteiger partial charge in [0.15, 0.2) is 10.8 Å². The summed E-state index contributed by atoms with van der Waals surface area (Å²) < 4.78 is 10.6. The quantitative estimate of drug-likeness (QED) is 0.857. The van der Waals surface area contributed by atoms with Crippen molar-refractivity contribution in [2.24, 2.45) is 0 Å². The van der Waals surface area contributed by atoms with E-state index in [2.05, 4.69) is 4.98 Å². The van der Waals surface area contributed by atoms with Crippen LogP contribution in [0.5, 0.6) is 5.75 Å². The summed E-state index contributed by atoms with van der Waals surface area (Å²) in [4.78, 5) is 16.7. The van der Waals surface area contributed by atoms with Crippen molar-refractivity contribution in [3.63, 3.8) is 0 Å². The highest BCUT2D eigenvalue weighted by Crippen LogP contribution is 2.37. The van der Waals surface area contributed by atoms with E-state index in [1.807, 2.05) is 31.2 Å². The number of esters is 1. The van der Waals surface area contributed by atoms with Crippen LogP contribution in [-0.4, -0.2) is 24.2 Å². The Bertz CT molecular complexity index is 610. The van der Waals surface area contributed by atoms with Crippen molar-refractivity contribution in [2.75, 3.05) is 18.9 Å². The number of ether oxygens (including phenoxy) is 2. The van der Waals surface area contributed by atoms with Crippen molar-refractivity contribution in [2.45, 2.75) is 13.8 Å². The summed E-state index contributed by atoms with van der Waals surface area (Å²) in [5.74, 6) is 0.228. The molecule has 0 spiro atoms. The third-order valence-corrected chi connectivity index (χ3v) is 3.46. The van der Waals surface area contributed by atoms with Crippen LogP contribution in [-0.2, 0) is 4.74 Å². The van der Waals surface area contributed by atoms with Gasteiger partial charge in [0.2, 0.25) is 0 Å². The van der Waals surface area contributed by atoms with E-state index in [9.17, 15) is 4.79 Å². The molecule has 106 valence electrons. The van der Waals surface area contributed by atoms with Gasteiger partial charge >= 0.3 is 5.97 Å². The van der Waals surface area contributed by atoms with Gasteiger partial charge in [-0.3, -0.25) is 0 Å². The van der Waals surface area contributed by atoms with Crippen LogP contribution in [0.1, 0.15) is 24.3 Å². The van der Waals surface area contributed by atoms with Crippen molar-refractivity contribution in [3.05, 3.63) is 30.0 Å². The topological polar surface area (TPSA) is 74.4 Å². The fraction of sp³-hybridized carbons (Fsp3) is 0.286. The predicted molar refractivity (Wildman–Crippen MR) is 79.1 cm³/mol. The summed E-state index contributed by atoms with van der Waals surface area (Å²) >= 11 is 1.25. The third kappa shape index (κ3) is 2.91. The minimum atomic E-state index is -0.471. The molecule has 0 amide bonds. The molecule has 1 aromatic heterocycles. The number of thiazole rings is 1. The molecule has 1 aromatic carbocycles. The molecule has 0 aliphatic heterocycles. The van der Waals surface area contributed by atoms with E-state index in [1.54, 1.807) is 6.92 Å². The van der Waals surface area contributed by atoms with Crippen molar-refractivity contribution < 1.29 is 14.3 Å². The standard InChI is InChI=1S/C14H16N2O3S/c1-3-18-10-8-6-5-7-9(10)12-11(13(17)19-4-2)16-14(15)20-12/h5-8H,3-4H2,1-2H3,(H2,15,16). The Labute approximate surface area is 121 Å². The number of nitrogen functional groups attached to an aromatic ring is 1. The summed E-state index contributed by atoms with van der Waals surface area (Å²) in [7, 11) is 0. The molecule has 20 heavy (non-hydrogen) atoms. The number of aromatic nitrogens is 1. The maximum Gasteiger partial charge on any atom is 0.358 e. The third-order valence-electron chi connectivity index (χ3n) is 2.54. The number of benzene rings is 1. The van der Waals surface area contributed by atoms with Crippen LogP contribution in [0.25, 0.3) is 10.4 Å².